The highest BCUT2D eigenvalue weighted by Gasteiger charge is 2.19. The fourth-order valence-corrected chi connectivity index (χ4v) is 9.83. The summed E-state index contributed by atoms with van der Waals surface area (Å²) in [4.78, 5) is 2.38. The Morgan fingerprint density at radius 1 is 0.206 bits per heavy atom. The molecule has 0 fully saturated rings. The number of fused-ring (bicyclic) bond motifs is 3. The molecule has 0 spiro atoms. The third-order valence-electron chi connectivity index (χ3n) is 13.1. The molecule has 0 aliphatic rings. The Bertz CT molecular complexity index is 3590. The quantitative estimate of drug-likeness (QED) is 0.133. The monoisotopic (exact) mass is 866 g/mol. The number of anilines is 3. The van der Waals surface area contributed by atoms with Gasteiger partial charge in [0.25, 0.3) is 0 Å². The molecule has 2 nitrogen and oxygen atoms in total. The zero-order valence-corrected chi connectivity index (χ0v) is 37.5. The molecule has 12 rings (SSSR count). The van der Waals surface area contributed by atoms with Crippen LogP contribution in [0.15, 0.2) is 279 Å². The lowest BCUT2D eigenvalue weighted by molar-refractivity contribution is 1.18. The summed E-state index contributed by atoms with van der Waals surface area (Å²) >= 11 is 0. The summed E-state index contributed by atoms with van der Waals surface area (Å²) in [5.74, 6) is 0. The lowest BCUT2D eigenvalue weighted by Crippen LogP contribution is -2.10. The Hall–Kier alpha value is -8.98. The van der Waals surface area contributed by atoms with Crippen molar-refractivity contribution in [3.05, 3.63) is 279 Å². The highest BCUT2D eigenvalue weighted by Crippen LogP contribution is 2.42. The minimum Gasteiger partial charge on any atom is -0.310 e. The van der Waals surface area contributed by atoms with Crippen LogP contribution < -0.4 is 4.90 Å². The molecule has 0 saturated heterocycles. The van der Waals surface area contributed by atoms with Gasteiger partial charge in [0.2, 0.25) is 0 Å². The highest BCUT2D eigenvalue weighted by atomic mass is 15.1. The first-order chi connectivity index (χ1) is 33.7. The topological polar surface area (TPSA) is 8.17 Å². The maximum Gasteiger partial charge on any atom is 0.0547 e. The molecule has 2 heteroatoms. The van der Waals surface area contributed by atoms with Gasteiger partial charge in [-0.2, -0.15) is 0 Å². The fraction of sp³-hybridized carbons (Fsp3) is 0. The first kappa shape index (κ1) is 40.5. The summed E-state index contributed by atoms with van der Waals surface area (Å²) < 4.78 is 2.45. The van der Waals surface area contributed by atoms with Gasteiger partial charge in [-0.05, 0) is 146 Å². The molecule has 0 aliphatic carbocycles. The van der Waals surface area contributed by atoms with Crippen molar-refractivity contribution in [1.29, 1.82) is 0 Å². The van der Waals surface area contributed by atoms with E-state index in [0.717, 1.165) is 39.4 Å². The molecule has 0 unspecified atom stereocenters. The normalized spacial score (nSPS) is 11.2. The van der Waals surface area contributed by atoms with Crippen molar-refractivity contribution >= 4 is 38.9 Å². The minimum atomic E-state index is 1.09. The van der Waals surface area contributed by atoms with Crippen molar-refractivity contribution in [2.45, 2.75) is 0 Å². The van der Waals surface area contributed by atoms with E-state index in [-0.39, 0.29) is 0 Å². The molecule has 0 radical (unpaired) electrons. The van der Waals surface area contributed by atoms with E-state index in [2.05, 4.69) is 289 Å². The van der Waals surface area contributed by atoms with Crippen LogP contribution in [-0.4, -0.2) is 4.57 Å². The van der Waals surface area contributed by atoms with Crippen molar-refractivity contribution < 1.29 is 0 Å². The largest absolute Gasteiger partial charge is 0.310 e. The molecule has 1 aromatic heterocycles. The molecule has 1 heterocycles. The van der Waals surface area contributed by atoms with Crippen molar-refractivity contribution in [2.24, 2.45) is 0 Å². The van der Waals surface area contributed by atoms with Gasteiger partial charge in [0.05, 0.1) is 11.0 Å². The van der Waals surface area contributed by atoms with Crippen LogP contribution in [0.25, 0.3) is 94.3 Å². The predicted octanol–water partition coefficient (Wildman–Crippen LogP) is 18.3. The fourth-order valence-electron chi connectivity index (χ4n) is 9.83. The average Bonchev–Trinajstić information content (AvgIpc) is 3.76. The van der Waals surface area contributed by atoms with Crippen LogP contribution in [0.3, 0.4) is 0 Å². The molecule has 0 amide bonds. The Labute approximate surface area is 397 Å². The number of rotatable bonds is 10. The van der Waals surface area contributed by atoms with Gasteiger partial charge >= 0.3 is 0 Å². The van der Waals surface area contributed by atoms with E-state index in [1.54, 1.807) is 0 Å². The molecular weight excluding hydrogens is 821 g/mol. The van der Waals surface area contributed by atoms with Crippen molar-refractivity contribution in [2.75, 3.05) is 4.90 Å². The van der Waals surface area contributed by atoms with Crippen molar-refractivity contribution in [1.82, 2.24) is 4.57 Å². The maximum atomic E-state index is 2.45. The van der Waals surface area contributed by atoms with Crippen LogP contribution in [-0.2, 0) is 0 Å². The molecule has 11 aromatic carbocycles. The molecule has 0 N–H and O–H groups in total. The zero-order valence-electron chi connectivity index (χ0n) is 37.5. The third kappa shape index (κ3) is 7.85. The molecule has 12 aromatic rings. The van der Waals surface area contributed by atoms with Crippen LogP contribution in [0.1, 0.15) is 0 Å². The molecule has 0 bridgehead atoms. The second-order valence-electron chi connectivity index (χ2n) is 17.4. The lowest BCUT2D eigenvalue weighted by atomic mass is 9.96. The number of nitrogens with zero attached hydrogens (tertiary/aromatic N) is 2. The van der Waals surface area contributed by atoms with Gasteiger partial charge in [-0.15, -0.1) is 0 Å². The number of aromatic nitrogens is 1. The van der Waals surface area contributed by atoms with Crippen LogP contribution in [0.5, 0.6) is 0 Å². The van der Waals surface area contributed by atoms with Gasteiger partial charge in [-0.1, -0.05) is 200 Å². The third-order valence-corrected chi connectivity index (χ3v) is 13.1. The number of hydrogen-bond donors (Lipinski definition) is 0. The number of hydrogen-bond acceptors (Lipinski definition) is 1. The second kappa shape index (κ2) is 17.8. The molecule has 0 atom stereocenters. The Morgan fingerprint density at radius 2 is 0.574 bits per heavy atom. The Morgan fingerprint density at radius 3 is 1.12 bits per heavy atom. The van der Waals surface area contributed by atoms with E-state index in [9.17, 15) is 0 Å². The zero-order chi connectivity index (χ0) is 45.2. The van der Waals surface area contributed by atoms with Gasteiger partial charge in [0, 0.05) is 33.5 Å². The highest BCUT2D eigenvalue weighted by molar-refractivity contribution is 6.10. The number of benzene rings is 11. The first-order valence-corrected chi connectivity index (χ1v) is 23.3. The summed E-state index contributed by atoms with van der Waals surface area (Å²) in [5.41, 5.74) is 20.9. The molecular formula is C66H46N2. The Kier molecular flexibility index (Phi) is 10.6. The smallest absolute Gasteiger partial charge is 0.0547 e. The van der Waals surface area contributed by atoms with Gasteiger partial charge < -0.3 is 9.47 Å². The molecule has 320 valence electrons. The van der Waals surface area contributed by atoms with Gasteiger partial charge in [0.15, 0.2) is 0 Å². The summed E-state index contributed by atoms with van der Waals surface area (Å²) in [6, 6.07) is 101. The summed E-state index contributed by atoms with van der Waals surface area (Å²) in [6.07, 6.45) is 0. The van der Waals surface area contributed by atoms with Crippen LogP contribution in [0.4, 0.5) is 17.1 Å². The minimum absolute atomic E-state index is 1.09. The second-order valence-corrected chi connectivity index (χ2v) is 17.4. The van der Waals surface area contributed by atoms with Crippen molar-refractivity contribution in [3.63, 3.8) is 0 Å². The van der Waals surface area contributed by atoms with Crippen LogP contribution in [0.2, 0.25) is 0 Å². The van der Waals surface area contributed by atoms with Gasteiger partial charge in [-0.3, -0.25) is 0 Å². The first-order valence-electron chi connectivity index (χ1n) is 23.3. The average molecular weight is 867 g/mol. The molecule has 0 saturated carbocycles. The molecule has 0 aliphatic heterocycles. The summed E-state index contributed by atoms with van der Waals surface area (Å²) in [6.45, 7) is 0. The maximum absolute atomic E-state index is 2.45. The van der Waals surface area contributed by atoms with Crippen LogP contribution in [0, 0.1) is 0 Å². The van der Waals surface area contributed by atoms with E-state index in [1.807, 2.05) is 0 Å². The van der Waals surface area contributed by atoms with E-state index in [0.29, 0.717) is 0 Å². The summed E-state index contributed by atoms with van der Waals surface area (Å²) in [7, 11) is 0. The summed E-state index contributed by atoms with van der Waals surface area (Å²) in [5, 5.41) is 2.46. The Balaban J connectivity index is 0.971. The van der Waals surface area contributed by atoms with E-state index in [1.165, 1.54) is 71.9 Å². The molecule has 68 heavy (non-hydrogen) atoms. The van der Waals surface area contributed by atoms with Gasteiger partial charge in [0.1, 0.15) is 0 Å². The van der Waals surface area contributed by atoms with E-state index >= 15 is 0 Å². The van der Waals surface area contributed by atoms with Crippen LogP contribution >= 0.6 is 0 Å². The van der Waals surface area contributed by atoms with E-state index in [4.69, 9.17) is 0 Å². The SMILES string of the molecule is c1ccc(-c2cc(-c3ccccc3)cc(N(c3ccccc3)c3cccc(-c4cccc(-c5ccc6c7ccccc7n(-c7cc(-c8ccccc8)cc(-c8ccccc8)c7)c6c5)c4)c3)c2)cc1. The lowest BCUT2D eigenvalue weighted by Gasteiger charge is -2.27. The van der Waals surface area contributed by atoms with Gasteiger partial charge in [-0.25, -0.2) is 0 Å². The number of para-hydroxylation sites is 2. The standard InChI is InChI=1S/C66H46N2/c1-6-20-47(21-7-1)55-39-56(48-22-8-2-9-23-48)43-61(42-55)67(59-31-14-5-15-32-59)60-33-19-30-53(41-60)51-28-18-29-52(38-51)54-36-37-64-63-34-16-17-35-65(63)68(66(64)46-54)62-44-57(49-24-10-3-11-25-49)40-58(45-62)50-26-12-4-13-27-50/h1-46H. The van der Waals surface area contributed by atoms with Crippen molar-refractivity contribution in [3.8, 4) is 72.4 Å². The van der Waals surface area contributed by atoms with E-state index < -0.39 is 0 Å². The predicted molar refractivity (Wildman–Crippen MR) is 288 cm³/mol.